The second-order valence-electron chi connectivity index (χ2n) is 5.75. The summed E-state index contributed by atoms with van der Waals surface area (Å²) in [7, 11) is -3.00. The Hall–Kier alpha value is -1.47. The van der Waals surface area contributed by atoms with Gasteiger partial charge in [0, 0.05) is 37.7 Å². The predicted octanol–water partition coefficient (Wildman–Crippen LogP) is 1.34. The molecule has 7 heteroatoms. The van der Waals surface area contributed by atoms with Gasteiger partial charge >= 0.3 is 0 Å². The Morgan fingerprint density at radius 1 is 1.39 bits per heavy atom. The molecule has 2 rings (SSSR count). The first kappa shape index (κ1) is 17.9. The topological polar surface area (TPSA) is 66.5 Å². The molecule has 1 amide bonds. The molecule has 0 spiro atoms. The monoisotopic (exact) mass is 342 g/mol. The molecule has 1 aromatic carbocycles. The molecule has 0 bridgehead atoms. The highest BCUT2D eigenvalue weighted by atomic mass is 32.2. The molecule has 5 nitrogen and oxygen atoms in total. The molecule has 1 aliphatic rings. The van der Waals surface area contributed by atoms with Crippen molar-refractivity contribution in [1.29, 1.82) is 0 Å². The van der Waals surface area contributed by atoms with Crippen molar-refractivity contribution in [2.24, 2.45) is 0 Å². The molecule has 1 saturated heterocycles. The summed E-state index contributed by atoms with van der Waals surface area (Å²) in [6.45, 7) is 3.16. The van der Waals surface area contributed by atoms with Crippen molar-refractivity contribution < 1.29 is 17.6 Å². The molecule has 0 saturated carbocycles. The fraction of sp³-hybridized carbons (Fsp3) is 0.562. The van der Waals surface area contributed by atoms with Gasteiger partial charge in [0.25, 0.3) is 0 Å². The first-order valence-corrected chi connectivity index (χ1v) is 9.69. The molecule has 1 aromatic rings. The molecule has 0 aliphatic carbocycles. The van der Waals surface area contributed by atoms with E-state index in [0.29, 0.717) is 31.6 Å². The number of hydrogen-bond donors (Lipinski definition) is 1. The van der Waals surface area contributed by atoms with Crippen molar-refractivity contribution >= 4 is 15.7 Å². The maximum atomic E-state index is 13.5. The van der Waals surface area contributed by atoms with Crippen LogP contribution in [0.25, 0.3) is 0 Å². The van der Waals surface area contributed by atoms with Gasteiger partial charge in [0.15, 0.2) is 9.84 Å². The minimum Gasteiger partial charge on any atom is -0.339 e. The molecule has 1 aliphatic heterocycles. The van der Waals surface area contributed by atoms with Gasteiger partial charge in [-0.05, 0) is 19.4 Å². The zero-order chi connectivity index (χ0) is 16.9. The summed E-state index contributed by atoms with van der Waals surface area (Å²) in [4.78, 5) is 13.9. The smallest absolute Gasteiger partial charge is 0.224 e. The van der Waals surface area contributed by atoms with Crippen LogP contribution >= 0.6 is 0 Å². The number of carbonyl (C=O) groups is 1. The Labute approximate surface area is 136 Å². The Bertz CT molecular complexity index is 648. The lowest BCUT2D eigenvalue weighted by Gasteiger charge is -2.27. The van der Waals surface area contributed by atoms with Crippen LogP contribution in [-0.2, 0) is 21.2 Å². The van der Waals surface area contributed by atoms with E-state index in [-0.39, 0.29) is 35.7 Å². The molecule has 0 aromatic heterocycles. The Kier molecular flexibility index (Phi) is 6.12. The average Bonchev–Trinajstić information content (AvgIpc) is 2.86. The summed E-state index contributed by atoms with van der Waals surface area (Å²) >= 11 is 0. The number of halogens is 1. The number of nitrogens with one attached hydrogen (secondary N) is 1. The highest BCUT2D eigenvalue weighted by Gasteiger charge is 2.33. The lowest BCUT2D eigenvalue weighted by molar-refractivity contribution is -0.132. The molecule has 1 heterocycles. The van der Waals surface area contributed by atoms with Crippen molar-refractivity contribution in [3.05, 3.63) is 35.6 Å². The Morgan fingerprint density at radius 3 is 2.74 bits per heavy atom. The lowest BCUT2D eigenvalue weighted by atomic mass is 10.2. The van der Waals surface area contributed by atoms with E-state index >= 15 is 0 Å². The summed E-state index contributed by atoms with van der Waals surface area (Å²) in [6, 6.07) is 6.30. The summed E-state index contributed by atoms with van der Waals surface area (Å²) in [5.74, 6) is -0.101. The van der Waals surface area contributed by atoms with Gasteiger partial charge in [-0.3, -0.25) is 4.79 Å². The van der Waals surface area contributed by atoms with Gasteiger partial charge < -0.3 is 10.2 Å². The van der Waals surface area contributed by atoms with Crippen LogP contribution in [0.2, 0.25) is 0 Å². The van der Waals surface area contributed by atoms with Gasteiger partial charge in [-0.25, -0.2) is 12.8 Å². The Balaban J connectivity index is 1.78. The molecule has 0 radical (unpaired) electrons. The van der Waals surface area contributed by atoms with Gasteiger partial charge in [0.05, 0.1) is 11.5 Å². The van der Waals surface area contributed by atoms with Crippen LogP contribution in [0, 0.1) is 5.82 Å². The zero-order valence-electron chi connectivity index (χ0n) is 13.3. The van der Waals surface area contributed by atoms with Crippen molar-refractivity contribution in [2.45, 2.75) is 32.4 Å². The largest absolute Gasteiger partial charge is 0.339 e. The third-order valence-electron chi connectivity index (χ3n) is 4.10. The molecule has 23 heavy (non-hydrogen) atoms. The summed E-state index contributed by atoms with van der Waals surface area (Å²) in [5.41, 5.74) is 0.564. The highest BCUT2D eigenvalue weighted by Crippen LogP contribution is 2.18. The van der Waals surface area contributed by atoms with Gasteiger partial charge in [0.2, 0.25) is 5.91 Å². The van der Waals surface area contributed by atoms with Gasteiger partial charge in [-0.2, -0.15) is 0 Å². The lowest BCUT2D eigenvalue weighted by Crippen LogP contribution is -2.41. The standard InChI is InChI=1S/C16H23FN2O3S/c1-2-19(14-8-10-23(21,22)12-14)16(20)7-9-18-11-13-5-3-4-6-15(13)17/h3-6,14,18H,2,7-12H2,1H3. The minimum atomic E-state index is -3.00. The molecular weight excluding hydrogens is 319 g/mol. The quantitative estimate of drug-likeness (QED) is 0.760. The first-order chi connectivity index (χ1) is 10.9. The summed E-state index contributed by atoms with van der Waals surface area (Å²) in [5, 5.41) is 3.05. The van der Waals surface area contributed by atoms with Crippen molar-refractivity contribution in [2.75, 3.05) is 24.6 Å². The first-order valence-electron chi connectivity index (χ1n) is 7.87. The minimum absolute atomic E-state index is 0.0596. The van der Waals surface area contributed by atoms with Gasteiger partial charge in [-0.15, -0.1) is 0 Å². The number of carbonyl (C=O) groups excluding carboxylic acids is 1. The van der Waals surface area contributed by atoms with E-state index in [9.17, 15) is 17.6 Å². The second-order valence-corrected chi connectivity index (χ2v) is 7.98. The molecule has 1 atom stereocenters. The molecule has 1 unspecified atom stereocenters. The van der Waals surface area contributed by atoms with E-state index < -0.39 is 9.84 Å². The number of sulfone groups is 1. The Morgan fingerprint density at radius 2 is 2.13 bits per heavy atom. The van der Waals surface area contributed by atoms with Crippen LogP contribution < -0.4 is 5.32 Å². The summed E-state index contributed by atoms with van der Waals surface area (Å²) in [6.07, 6.45) is 0.795. The normalized spacial score (nSPS) is 19.7. The number of benzene rings is 1. The number of rotatable bonds is 7. The maximum Gasteiger partial charge on any atom is 0.224 e. The van der Waals surface area contributed by atoms with E-state index in [1.54, 1.807) is 23.1 Å². The van der Waals surface area contributed by atoms with Crippen LogP contribution in [0.5, 0.6) is 0 Å². The van der Waals surface area contributed by atoms with Gasteiger partial charge in [-0.1, -0.05) is 18.2 Å². The van der Waals surface area contributed by atoms with Crippen molar-refractivity contribution in [3.63, 3.8) is 0 Å². The molecular formula is C16H23FN2O3S. The van der Waals surface area contributed by atoms with E-state index in [1.165, 1.54) is 6.07 Å². The van der Waals surface area contributed by atoms with E-state index in [0.717, 1.165) is 0 Å². The van der Waals surface area contributed by atoms with Crippen LogP contribution in [0.3, 0.4) is 0 Å². The zero-order valence-corrected chi connectivity index (χ0v) is 14.1. The number of amides is 1. The fourth-order valence-corrected chi connectivity index (χ4v) is 4.59. The van der Waals surface area contributed by atoms with E-state index in [1.807, 2.05) is 6.92 Å². The van der Waals surface area contributed by atoms with Gasteiger partial charge in [0.1, 0.15) is 5.82 Å². The van der Waals surface area contributed by atoms with E-state index in [2.05, 4.69) is 5.32 Å². The van der Waals surface area contributed by atoms with E-state index in [4.69, 9.17) is 0 Å². The molecule has 128 valence electrons. The van der Waals surface area contributed by atoms with Crippen LogP contribution in [-0.4, -0.2) is 49.9 Å². The third kappa shape index (κ3) is 5.00. The maximum absolute atomic E-state index is 13.5. The van der Waals surface area contributed by atoms with Crippen molar-refractivity contribution in [1.82, 2.24) is 10.2 Å². The average molecular weight is 342 g/mol. The van der Waals surface area contributed by atoms with Crippen molar-refractivity contribution in [3.8, 4) is 0 Å². The fourth-order valence-electron chi connectivity index (χ4n) is 2.86. The predicted molar refractivity (Wildman–Crippen MR) is 87.2 cm³/mol. The van der Waals surface area contributed by atoms with Crippen LogP contribution in [0.1, 0.15) is 25.3 Å². The SMILES string of the molecule is CCN(C(=O)CCNCc1ccccc1F)C1CCS(=O)(=O)C1. The second kappa shape index (κ2) is 7.88. The molecule has 1 fully saturated rings. The van der Waals surface area contributed by atoms with Crippen LogP contribution in [0.15, 0.2) is 24.3 Å². The third-order valence-corrected chi connectivity index (χ3v) is 5.85. The molecule has 1 N–H and O–H groups in total. The number of nitrogens with zero attached hydrogens (tertiary/aromatic N) is 1. The summed E-state index contributed by atoms with van der Waals surface area (Å²) < 4.78 is 36.6. The highest BCUT2D eigenvalue weighted by molar-refractivity contribution is 7.91. The number of hydrogen-bond acceptors (Lipinski definition) is 4. The van der Waals surface area contributed by atoms with Crippen LogP contribution in [0.4, 0.5) is 4.39 Å².